The summed E-state index contributed by atoms with van der Waals surface area (Å²) in [4.78, 5) is 28.4. The van der Waals surface area contributed by atoms with Crippen LogP contribution in [-0.2, 0) is 26.2 Å². The fourth-order valence-electron chi connectivity index (χ4n) is 4.09. The van der Waals surface area contributed by atoms with Crippen molar-refractivity contribution >= 4 is 27.5 Å². The number of carbonyl (C=O) groups is 2. The Morgan fingerprint density at radius 2 is 1.59 bits per heavy atom. The Kier molecular flexibility index (Phi) is 10.5. The third-order valence-corrected chi connectivity index (χ3v) is 8.36. The second kappa shape index (κ2) is 13.8. The largest absolute Gasteiger partial charge is 0.497 e. The van der Waals surface area contributed by atoms with E-state index < -0.39 is 28.5 Å². The Hall–Kier alpha value is -3.85. The van der Waals surface area contributed by atoms with Crippen molar-refractivity contribution in [3.8, 4) is 5.75 Å². The first-order valence-corrected chi connectivity index (χ1v) is 14.5. The second-order valence-corrected chi connectivity index (χ2v) is 11.2. The minimum absolute atomic E-state index is 0.0239. The highest BCUT2D eigenvalue weighted by Crippen LogP contribution is 2.26. The van der Waals surface area contributed by atoms with E-state index in [0.717, 1.165) is 28.3 Å². The average Bonchev–Trinajstić information content (AvgIpc) is 2.95. The fraction of sp³-hybridized carbons (Fsp3) is 0.333. The summed E-state index contributed by atoms with van der Waals surface area (Å²) in [5.41, 5.74) is 2.19. The standard InChI is InChI=1S/C30H37N3O5S/c1-5-6-20-31-30(35)24(3)32(21-25-13-11-10-12-23(25)2)29(34)22-33(26-14-8-7-9-15-26)39(36,37)28-18-16-27(38-4)17-19-28/h7-19,24H,5-6,20-22H2,1-4H3,(H,31,35). The summed E-state index contributed by atoms with van der Waals surface area (Å²) in [6, 6.07) is 21.3. The van der Waals surface area contributed by atoms with Crippen LogP contribution in [0.3, 0.4) is 0 Å². The van der Waals surface area contributed by atoms with Crippen LogP contribution in [0, 0.1) is 6.92 Å². The molecule has 3 rings (SSSR count). The number of hydrogen-bond donors (Lipinski definition) is 1. The number of ether oxygens (including phenoxy) is 1. The minimum atomic E-state index is -4.12. The van der Waals surface area contributed by atoms with Gasteiger partial charge in [-0.2, -0.15) is 0 Å². The van der Waals surface area contributed by atoms with Crippen molar-refractivity contribution in [2.24, 2.45) is 0 Å². The van der Waals surface area contributed by atoms with E-state index in [-0.39, 0.29) is 17.3 Å². The molecule has 0 aromatic heterocycles. The first-order chi connectivity index (χ1) is 18.7. The van der Waals surface area contributed by atoms with Crippen LogP contribution in [0.2, 0.25) is 0 Å². The van der Waals surface area contributed by atoms with Crippen LogP contribution in [0.25, 0.3) is 0 Å². The van der Waals surface area contributed by atoms with Crippen LogP contribution in [0.15, 0.2) is 83.8 Å². The van der Waals surface area contributed by atoms with E-state index in [4.69, 9.17) is 4.74 Å². The van der Waals surface area contributed by atoms with Gasteiger partial charge in [-0.15, -0.1) is 0 Å². The maximum Gasteiger partial charge on any atom is 0.264 e. The van der Waals surface area contributed by atoms with Gasteiger partial charge in [-0.05, 0) is 67.8 Å². The highest BCUT2D eigenvalue weighted by Gasteiger charge is 2.32. The van der Waals surface area contributed by atoms with Gasteiger partial charge in [0.15, 0.2) is 0 Å². The van der Waals surface area contributed by atoms with Crippen molar-refractivity contribution in [3.63, 3.8) is 0 Å². The number of nitrogens with zero attached hydrogens (tertiary/aromatic N) is 2. The molecule has 2 amide bonds. The molecule has 3 aromatic rings. The Morgan fingerprint density at radius 3 is 2.21 bits per heavy atom. The molecule has 0 fully saturated rings. The molecule has 0 saturated heterocycles. The molecule has 0 radical (unpaired) electrons. The summed E-state index contributed by atoms with van der Waals surface area (Å²) >= 11 is 0. The Balaban J connectivity index is 1.98. The van der Waals surface area contributed by atoms with Gasteiger partial charge in [0.1, 0.15) is 18.3 Å². The molecule has 1 unspecified atom stereocenters. The Morgan fingerprint density at radius 1 is 0.949 bits per heavy atom. The summed E-state index contributed by atoms with van der Waals surface area (Å²) in [6.45, 7) is 5.84. The number of amides is 2. The van der Waals surface area contributed by atoms with E-state index in [1.54, 1.807) is 49.4 Å². The van der Waals surface area contributed by atoms with Crippen LogP contribution in [0.5, 0.6) is 5.75 Å². The van der Waals surface area contributed by atoms with Crippen LogP contribution < -0.4 is 14.4 Å². The van der Waals surface area contributed by atoms with Crippen LogP contribution >= 0.6 is 0 Å². The molecule has 39 heavy (non-hydrogen) atoms. The number of benzene rings is 3. The van der Waals surface area contributed by atoms with E-state index >= 15 is 0 Å². The lowest BCUT2D eigenvalue weighted by atomic mass is 10.1. The van der Waals surface area contributed by atoms with E-state index in [1.165, 1.54) is 24.1 Å². The van der Waals surface area contributed by atoms with Gasteiger partial charge in [0.05, 0.1) is 17.7 Å². The molecule has 0 heterocycles. The number of anilines is 1. The number of sulfonamides is 1. The third kappa shape index (κ3) is 7.60. The molecule has 0 bridgehead atoms. The molecule has 0 aliphatic carbocycles. The Bertz CT molecular complexity index is 1340. The first-order valence-electron chi connectivity index (χ1n) is 13.0. The predicted octanol–water partition coefficient (Wildman–Crippen LogP) is 4.53. The summed E-state index contributed by atoms with van der Waals surface area (Å²) in [7, 11) is -2.62. The zero-order chi connectivity index (χ0) is 28.4. The quantitative estimate of drug-likeness (QED) is 0.315. The van der Waals surface area contributed by atoms with Crippen LogP contribution in [0.1, 0.15) is 37.8 Å². The smallest absolute Gasteiger partial charge is 0.264 e. The van der Waals surface area contributed by atoms with Crippen molar-refractivity contribution in [1.82, 2.24) is 10.2 Å². The topological polar surface area (TPSA) is 96.0 Å². The summed E-state index contributed by atoms with van der Waals surface area (Å²) < 4.78 is 33.9. The molecule has 1 N–H and O–H groups in total. The van der Waals surface area contributed by atoms with Crippen molar-refractivity contribution in [2.45, 2.75) is 51.1 Å². The number of hydrogen-bond acceptors (Lipinski definition) is 5. The lowest BCUT2D eigenvalue weighted by molar-refractivity contribution is -0.139. The lowest BCUT2D eigenvalue weighted by Gasteiger charge is -2.32. The maximum absolute atomic E-state index is 13.9. The van der Waals surface area contributed by atoms with E-state index in [0.29, 0.717) is 18.0 Å². The minimum Gasteiger partial charge on any atom is -0.497 e. The highest BCUT2D eigenvalue weighted by atomic mass is 32.2. The van der Waals surface area contributed by atoms with Gasteiger partial charge < -0.3 is 15.0 Å². The van der Waals surface area contributed by atoms with Gasteiger partial charge in [0.25, 0.3) is 10.0 Å². The lowest BCUT2D eigenvalue weighted by Crippen LogP contribution is -2.51. The monoisotopic (exact) mass is 551 g/mol. The van der Waals surface area contributed by atoms with Gasteiger partial charge in [-0.1, -0.05) is 55.8 Å². The normalized spacial score (nSPS) is 11.9. The molecular weight excluding hydrogens is 514 g/mol. The van der Waals surface area contributed by atoms with Gasteiger partial charge in [-0.25, -0.2) is 8.42 Å². The molecule has 0 spiro atoms. The number of para-hydroxylation sites is 1. The highest BCUT2D eigenvalue weighted by molar-refractivity contribution is 7.92. The number of methoxy groups -OCH3 is 1. The van der Waals surface area contributed by atoms with Crippen LogP contribution in [0.4, 0.5) is 5.69 Å². The van der Waals surface area contributed by atoms with Crippen molar-refractivity contribution in [3.05, 3.63) is 90.0 Å². The van der Waals surface area contributed by atoms with Gasteiger partial charge >= 0.3 is 0 Å². The van der Waals surface area contributed by atoms with Crippen LogP contribution in [-0.4, -0.2) is 51.4 Å². The van der Waals surface area contributed by atoms with E-state index in [1.807, 2.05) is 38.1 Å². The number of rotatable bonds is 13. The molecule has 1 atom stereocenters. The molecule has 0 aliphatic heterocycles. The Labute approximate surface area is 231 Å². The van der Waals surface area contributed by atoms with Gasteiger partial charge in [0, 0.05) is 13.1 Å². The van der Waals surface area contributed by atoms with Crippen molar-refractivity contribution in [2.75, 3.05) is 24.5 Å². The zero-order valence-electron chi connectivity index (χ0n) is 23.0. The number of unbranched alkanes of at least 4 members (excludes halogenated alkanes) is 1. The first kappa shape index (κ1) is 29.7. The van der Waals surface area contributed by atoms with Gasteiger partial charge in [0.2, 0.25) is 11.8 Å². The summed E-state index contributed by atoms with van der Waals surface area (Å²) in [6.07, 6.45) is 1.75. The van der Waals surface area contributed by atoms with Gasteiger partial charge in [-0.3, -0.25) is 13.9 Å². The van der Waals surface area contributed by atoms with E-state index in [2.05, 4.69) is 5.32 Å². The molecule has 0 aliphatic rings. The van der Waals surface area contributed by atoms with E-state index in [9.17, 15) is 18.0 Å². The van der Waals surface area contributed by atoms with Crippen molar-refractivity contribution in [1.29, 1.82) is 0 Å². The third-order valence-electron chi connectivity index (χ3n) is 6.57. The molecule has 208 valence electrons. The molecule has 8 nitrogen and oxygen atoms in total. The fourth-order valence-corrected chi connectivity index (χ4v) is 5.50. The molecule has 0 saturated carbocycles. The molecule has 9 heteroatoms. The number of aryl methyl sites for hydroxylation is 1. The summed E-state index contributed by atoms with van der Waals surface area (Å²) in [5.74, 6) is -0.254. The molecule has 3 aromatic carbocycles. The summed E-state index contributed by atoms with van der Waals surface area (Å²) in [5, 5.41) is 2.89. The molecular formula is C30H37N3O5S. The maximum atomic E-state index is 13.9. The second-order valence-electron chi connectivity index (χ2n) is 9.29. The zero-order valence-corrected chi connectivity index (χ0v) is 23.8. The van der Waals surface area contributed by atoms with Crippen molar-refractivity contribution < 1.29 is 22.7 Å². The number of nitrogens with one attached hydrogen (secondary N) is 1. The SMILES string of the molecule is CCCCNC(=O)C(C)N(Cc1ccccc1C)C(=O)CN(c1ccccc1)S(=O)(=O)c1ccc(OC)cc1. The predicted molar refractivity (Wildman–Crippen MR) is 153 cm³/mol. The number of carbonyl (C=O) groups excluding carboxylic acids is 2. The average molecular weight is 552 g/mol.